The van der Waals surface area contributed by atoms with Crippen LogP contribution in [0.15, 0.2) is 18.2 Å². The predicted octanol–water partition coefficient (Wildman–Crippen LogP) is 2.75. The van der Waals surface area contributed by atoms with Gasteiger partial charge >= 0.3 is 6.18 Å². The molecule has 13 heavy (non-hydrogen) atoms. The molecule has 1 aromatic rings. The van der Waals surface area contributed by atoms with Gasteiger partial charge in [-0.25, -0.2) is 4.39 Å². The first kappa shape index (κ1) is 9.79. The Labute approximate surface area is 70.8 Å². The molecule has 1 aromatic carbocycles. The highest BCUT2D eigenvalue weighted by Gasteiger charge is 2.33. The van der Waals surface area contributed by atoms with E-state index in [2.05, 4.69) is 0 Å². The van der Waals surface area contributed by atoms with Crippen LogP contribution in [0.3, 0.4) is 0 Å². The summed E-state index contributed by atoms with van der Waals surface area (Å²) in [5, 5.41) is 10.0. The molecule has 0 bridgehead atoms. The van der Waals surface area contributed by atoms with Gasteiger partial charge in [0, 0.05) is 5.69 Å². The lowest BCUT2D eigenvalue weighted by Crippen LogP contribution is -2.08. The monoisotopic (exact) mass is 194 g/mol. The molecule has 0 amide bonds. The molecule has 0 spiro atoms. The SMILES string of the molecule is [O-]Nc1ccc(F)cc1C(F)(F)F. The summed E-state index contributed by atoms with van der Waals surface area (Å²) in [6, 6.07) is 1.78. The first-order chi connectivity index (χ1) is 5.95. The quantitative estimate of drug-likeness (QED) is 0.551. The number of anilines is 1. The fourth-order valence-electron chi connectivity index (χ4n) is 0.840. The Morgan fingerprint density at radius 2 is 1.85 bits per heavy atom. The highest BCUT2D eigenvalue weighted by Crippen LogP contribution is 2.34. The third-order valence-electron chi connectivity index (χ3n) is 1.40. The minimum absolute atomic E-state index is 0.264. The molecule has 6 heteroatoms. The van der Waals surface area contributed by atoms with Gasteiger partial charge in [-0.3, -0.25) is 0 Å². The van der Waals surface area contributed by atoms with Crippen LogP contribution < -0.4 is 5.48 Å². The topological polar surface area (TPSA) is 35.1 Å². The molecule has 0 aliphatic rings. The van der Waals surface area contributed by atoms with Crippen LogP contribution in [0.5, 0.6) is 0 Å². The molecule has 0 aliphatic heterocycles. The zero-order chi connectivity index (χ0) is 10.1. The summed E-state index contributed by atoms with van der Waals surface area (Å²) in [4.78, 5) is 0. The van der Waals surface area contributed by atoms with Crippen molar-refractivity contribution in [2.75, 3.05) is 5.48 Å². The minimum atomic E-state index is -4.73. The van der Waals surface area contributed by atoms with Gasteiger partial charge in [-0.15, -0.1) is 0 Å². The van der Waals surface area contributed by atoms with Crippen LogP contribution in [0.4, 0.5) is 23.2 Å². The molecule has 72 valence electrons. The van der Waals surface area contributed by atoms with E-state index in [1.807, 2.05) is 0 Å². The summed E-state index contributed by atoms with van der Waals surface area (Å²) >= 11 is 0. The van der Waals surface area contributed by atoms with Crippen LogP contribution in [0, 0.1) is 11.0 Å². The van der Waals surface area contributed by atoms with Crippen molar-refractivity contribution in [2.24, 2.45) is 0 Å². The Kier molecular flexibility index (Phi) is 2.42. The van der Waals surface area contributed by atoms with Crippen LogP contribution in [-0.2, 0) is 6.18 Å². The van der Waals surface area contributed by atoms with Gasteiger partial charge < -0.3 is 10.7 Å². The molecule has 0 aliphatic carbocycles. The predicted molar refractivity (Wildman–Crippen MR) is 38.4 cm³/mol. The van der Waals surface area contributed by atoms with Crippen molar-refractivity contribution >= 4 is 5.69 Å². The lowest BCUT2D eigenvalue weighted by Gasteiger charge is -2.16. The number of alkyl halides is 3. The fourth-order valence-corrected chi connectivity index (χ4v) is 0.840. The van der Waals surface area contributed by atoms with Crippen molar-refractivity contribution in [1.29, 1.82) is 0 Å². The molecule has 0 saturated carbocycles. The summed E-state index contributed by atoms with van der Waals surface area (Å²) < 4.78 is 48.6. The van der Waals surface area contributed by atoms with Crippen LogP contribution >= 0.6 is 0 Å². The average Bonchev–Trinajstić information content (AvgIpc) is 2.03. The number of hydrogen-bond acceptors (Lipinski definition) is 2. The third kappa shape index (κ3) is 2.09. The van der Waals surface area contributed by atoms with Gasteiger partial charge in [-0.05, 0) is 18.2 Å². The molecular weight excluding hydrogens is 190 g/mol. The molecule has 1 N–H and O–H groups in total. The highest BCUT2D eigenvalue weighted by atomic mass is 19.4. The van der Waals surface area contributed by atoms with Crippen molar-refractivity contribution in [2.45, 2.75) is 6.18 Å². The third-order valence-corrected chi connectivity index (χ3v) is 1.40. The summed E-state index contributed by atoms with van der Waals surface area (Å²) in [5.41, 5.74) is -0.897. The van der Waals surface area contributed by atoms with Gasteiger partial charge in [-0.2, -0.15) is 13.2 Å². The fraction of sp³-hybridized carbons (Fsp3) is 0.143. The molecule has 0 saturated heterocycles. The Bertz CT molecular complexity index is 310. The van der Waals surface area contributed by atoms with Crippen molar-refractivity contribution < 1.29 is 17.6 Å². The zero-order valence-electron chi connectivity index (χ0n) is 6.15. The molecule has 0 radical (unpaired) electrons. The molecule has 0 aromatic heterocycles. The summed E-state index contributed by atoms with van der Waals surface area (Å²) in [7, 11) is 0. The van der Waals surface area contributed by atoms with Gasteiger partial charge in [0.2, 0.25) is 0 Å². The van der Waals surface area contributed by atoms with Crippen LogP contribution in [0.25, 0.3) is 0 Å². The summed E-state index contributed by atoms with van der Waals surface area (Å²) in [6.07, 6.45) is -4.73. The second-order valence-corrected chi connectivity index (χ2v) is 2.29. The number of benzene rings is 1. The van der Waals surface area contributed by atoms with E-state index in [1.165, 1.54) is 0 Å². The van der Waals surface area contributed by atoms with Crippen molar-refractivity contribution in [3.63, 3.8) is 0 Å². The highest BCUT2D eigenvalue weighted by molar-refractivity contribution is 5.53. The van der Waals surface area contributed by atoms with E-state index >= 15 is 0 Å². The maximum Gasteiger partial charge on any atom is 0.418 e. The maximum atomic E-state index is 12.4. The van der Waals surface area contributed by atoms with Crippen LogP contribution in [0.1, 0.15) is 5.56 Å². The zero-order valence-corrected chi connectivity index (χ0v) is 6.15. The molecule has 0 unspecified atom stereocenters. The normalized spacial score (nSPS) is 11.5. The summed E-state index contributed by atoms with van der Waals surface area (Å²) in [6.45, 7) is 0. The van der Waals surface area contributed by atoms with Gasteiger partial charge in [0.05, 0.1) is 5.56 Å². The smallest absolute Gasteiger partial charge is 0.418 e. The molecular formula is C7H4F4NO-. The van der Waals surface area contributed by atoms with Crippen LogP contribution in [0.2, 0.25) is 0 Å². The lowest BCUT2D eigenvalue weighted by molar-refractivity contribution is -0.137. The van der Waals surface area contributed by atoms with Crippen LogP contribution in [-0.4, -0.2) is 0 Å². The summed E-state index contributed by atoms with van der Waals surface area (Å²) in [5.74, 6) is -1.04. The lowest BCUT2D eigenvalue weighted by atomic mass is 10.1. The van der Waals surface area contributed by atoms with Crippen molar-refractivity contribution in [1.82, 2.24) is 0 Å². The molecule has 0 atom stereocenters. The Hall–Kier alpha value is -1.30. The molecule has 0 fully saturated rings. The van der Waals surface area contributed by atoms with E-state index in [4.69, 9.17) is 0 Å². The van der Waals surface area contributed by atoms with Crippen molar-refractivity contribution in [3.8, 4) is 0 Å². The van der Waals surface area contributed by atoms with Gasteiger partial charge in [0.15, 0.2) is 0 Å². The van der Waals surface area contributed by atoms with E-state index in [0.717, 1.165) is 17.6 Å². The van der Waals surface area contributed by atoms with Crippen molar-refractivity contribution in [3.05, 3.63) is 34.8 Å². The molecule has 1 rings (SSSR count). The second-order valence-electron chi connectivity index (χ2n) is 2.29. The first-order valence-corrected chi connectivity index (χ1v) is 3.20. The number of hydrogen-bond donors (Lipinski definition) is 1. The maximum absolute atomic E-state index is 12.4. The van der Waals surface area contributed by atoms with E-state index < -0.39 is 23.2 Å². The van der Waals surface area contributed by atoms with E-state index in [1.54, 1.807) is 0 Å². The second kappa shape index (κ2) is 3.21. The van der Waals surface area contributed by atoms with Gasteiger partial charge in [0.1, 0.15) is 5.82 Å². The first-order valence-electron chi connectivity index (χ1n) is 3.20. The minimum Gasteiger partial charge on any atom is -0.761 e. The standard InChI is InChI=1S/C7H4F4NO/c8-4-1-2-6(12-13)5(3-4)7(9,10)11/h1-3,12H/q-1. The Morgan fingerprint density at radius 3 is 2.31 bits per heavy atom. The Morgan fingerprint density at radius 1 is 1.23 bits per heavy atom. The Balaban J connectivity index is 3.24. The molecule has 0 heterocycles. The largest absolute Gasteiger partial charge is 0.761 e. The average molecular weight is 194 g/mol. The number of halogens is 4. The van der Waals surface area contributed by atoms with E-state index in [9.17, 15) is 22.8 Å². The number of rotatable bonds is 1. The van der Waals surface area contributed by atoms with Gasteiger partial charge in [0.25, 0.3) is 0 Å². The van der Waals surface area contributed by atoms with Gasteiger partial charge in [-0.1, -0.05) is 0 Å². The number of nitrogens with one attached hydrogen (secondary N) is 1. The van der Waals surface area contributed by atoms with E-state index in [0.29, 0.717) is 0 Å². The van der Waals surface area contributed by atoms with E-state index in [-0.39, 0.29) is 6.07 Å². The molecule has 2 nitrogen and oxygen atoms in total.